The number of hydrogen-bond acceptors (Lipinski definition) is 2. The Balaban J connectivity index is 1.89. The SMILES string of the molecule is CCCCCCCN1CCC(O)c2ccccc21. The molecule has 100 valence electrons. The molecule has 18 heavy (non-hydrogen) atoms. The van der Waals surface area contributed by atoms with Crippen molar-refractivity contribution < 1.29 is 5.11 Å². The molecule has 2 rings (SSSR count). The normalized spacial score (nSPS) is 18.8. The zero-order chi connectivity index (χ0) is 12.8. The standard InChI is InChI=1S/C16H25NO/c1-2-3-4-5-8-12-17-13-11-16(18)14-9-6-7-10-15(14)17/h6-7,9-10,16,18H,2-5,8,11-13H2,1H3. The van der Waals surface area contributed by atoms with Crippen LogP contribution >= 0.6 is 0 Å². The summed E-state index contributed by atoms with van der Waals surface area (Å²) in [7, 11) is 0. The molecule has 1 aliphatic heterocycles. The van der Waals surface area contributed by atoms with Gasteiger partial charge in [-0.25, -0.2) is 0 Å². The van der Waals surface area contributed by atoms with Gasteiger partial charge in [-0.15, -0.1) is 0 Å². The lowest BCUT2D eigenvalue weighted by Gasteiger charge is -2.33. The number of hydrogen-bond donors (Lipinski definition) is 1. The summed E-state index contributed by atoms with van der Waals surface area (Å²) in [6.07, 6.45) is 7.21. The van der Waals surface area contributed by atoms with Crippen molar-refractivity contribution in [2.45, 2.75) is 51.6 Å². The molecule has 0 saturated heterocycles. The molecule has 0 radical (unpaired) electrons. The monoisotopic (exact) mass is 247 g/mol. The van der Waals surface area contributed by atoms with E-state index < -0.39 is 0 Å². The zero-order valence-electron chi connectivity index (χ0n) is 11.4. The number of aliphatic hydroxyl groups is 1. The van der Waals surface area contributed by atoms with Crippen LogP contribution in [0.5, 0.6) is 0 Å². The molecular formula is C16H25NO. The maximum atomic E-state index is 9.99. The molecule has 1 atom stereocenters. The van der Waals surface area contributed by atoms with Crippen LogP contribution in [0.25, 0.3) is 0 Å². The van der Waals surface area contributed by atoms with Crippen molar-refractivity contribution in [3.05, 3.63) is 29.8 Å². The number of aliphatic hydroxyl groups excluding tert-OH is 1. The highest BCUT2D eigenvalue weighted by atomic mass is 16.3. The van der Waals surface area contributed by atoms with E-state index in [0.717, 1.165) is 25.1 Å². The Labute approximate surface area is 111 Å². The lowest BCUT2D eigenvalue weighted by Crippen LogP contribution is -2.32. The second-order valence-corrected chi connectivity index (χ2v) is 5.26. The van der Waals surface area contributed by atoms with Crippen LogP contribution in [0.2, 0.25) is 0 Å². The summed E-state index contributed by atoms with van der Waals surface area (Å²) in [5, 5.41) is 9.99. The molecule has 1 N–H and O–H groups in total. The fourth-order valence-electron chi connectivity index (χ4n) is 2.75. The summed E-state index contributed by atoms with van der Waals surface area (Å²) in [4.78, 5) is 2.44. The van der Waals surface area contributed by atoms with Crippen molar-refractivity contribution in [3.8, 4) is 0 Å². The first kappa shape index (κ1) is 13.4. The van der Waals surface area contributed by atoms with E-state index in [1.807, 2.05) is 6.07 Å². The van der Waals surface area contributed by atoms with Crippen molar-refractivity contribution in [1.29, 1.82) is 0 Å². The van der Waals surface area contributed by atoms with Gasteiger partial charge in [0.2, 0.25) is 0 Å². The van der Waals surface area contributed by atoms with Gasteiger partial charge in [-0.1, -0.05) is 50.8 Å². The van der Waals surface area contributed by atoms with E-state index in [1.165, 1.54) is 37.8 Å². The highest BCUT2D eigenvalue weighted by molar-refractivity contribution is 5.56. The van der Waals surface area contributed by atoms with Crippen molar-refractivity contribution in [2.75, 3.05) is 18.0 Å². The summed E-state index contributed by atoms with van der Waals surface area (Å²) >= 11 is 0. The first-order chi connectivity index (χ1) is 8.83. The molecule has 0 aromatic heterocycles. The predicted molar refractivity (Wildman–Crippen MR) is 77.0 cm³/mol. The highest BCUT2D eigenvalue weighted by Crippen LogP contribution is 2.33. The van der Waals surface area contributed by atoms with E-state index in [-0.39, 0.29) is 6.10 Å². The van der Waals surface area contributed by atoms with E-state index in [9.17, 15) is 5.11 Å². The van der Waals surface area contributed by atoms with E-state index in [0.29, 0.717) is 0 Å². The molecule has 0 spiro atoms. The van der Waals surface area contributed by atoms with Crippen molar-refractivity contribution in [1.82, 2.24) is 0 Å². The van der Waals surface area contributed by atoms with Crippen LogP contribution in [0, 0.1) is 0 Å². The Morgan fingerprint density at radius 1 is 1.17 bits per heavy atom. The molecule has 1 aromatic rings. The fourth-order valence-corrected chi connectivity index (χ4v) is 2.75. The van der Waals surface area contributed by atoms with Gasteiger partial charge in [-0.2, -0.15) is 0 Å². The number of rotatable bonds is 6. The quantitative estimate of drug-likeness (QED) is 0.771. The minimum absolute atomic E-state index is 0.266. The number of unbranched alkanes of at least 4 members (excludes halogenated alkanes) is 4. The molecule has 0 saturated carbocycles. The Morgan fingerprint density at radius 3 is 2.78 bits per heavy atom. The number of anilines is 1. The lowest BCUT2D eigenvalue weighted by molar-refractivity contribution is 0.164. The number of fused-ring (bicyclic) bond motifs is 1. The first-order valence-electron chi connectivity index (χ1n) is 7.35. The predicted octanol–water partition coefficient (Wildman–Crippen LogP) is 3.90. The van der Waals surface area contributed by atoms with Gasteiger partial charge >= 0.3 is 0 Å². The van der Waals surface area contributed by atoms with Crippen LogP contribution in [0.1, 0.15) is 57.1 Å². The summed E-state index contributed by atoms with van der Waals surface area (Å²) < 4.78 is 0. The molecule has 1 heterocycles. The topological polar surface area (TPSA) is 23.5 Å². The van der Waals surface area contributed by atoms with E-state index >= 15 is 0 Å². The fraction of sp³-hybridized carbons (Fsp3) is 0.625. The highest BCUT2D eigenvalue weighted by Gasteiger charge is 2.22. The maximum absolute atomic E-state index is 9.99. The molecule has 1 unspecified atom stereocenters. The summed E-state index contributed by atoms with van der Waals surface area (Å²) in [6, 6.07) is 8.29. The average molecular weight is 247 g/mol. The van der Waals surface area contributed by atoms with Crippen LogP contribution in [-0.2, 0) is 0 Å². The summed E-state index contributed by atoms with van der Waals surface area (Å²) in [6.45, 7) is 4.38. The van der Waals surface area contributed by atoms with Crippen molar-refractivity contribution in [2.24, 2.45) is 0 Å². The van der Waals surface area contributed by atoms with E-state index in [4.69, 9.17) is 0 Å². The first-order valence-corrected chi connectivity index (χ1v) is 7.35. The third-order valence-electron chi connectivity index (χ3n) is 3.84. The Kier molecular flexibility index (Phi) is 5.06. The van der Waals surface area contributed by atoms with E-state index in [2.05, 4.69) is 30.0 Å². The lowest BCUT2D eigenvalue weighted by atomic mass is 9.98. The molecule has 0 fully saturated rings. The van der Waals surface area contributed by atoms with Crippen LogP contribution in [-0.4, -0.2) is 18.2 Å². The Bertz CT molecular complexity index is 364. The smallest absolute Gasteiger partial charge is 0.0826 e. The largest absolute Gasteiger partial charge is 0.388 e. The van der Waals surface area contributed by atoms with Gasteiger partial charge in [-0.05, 0) is 18.9 Å². The van der Waals surface area contributed by atoms with Gasteiger partial charge in [0.1, 0.15) is 0 Å². The molecule has 1 aliphatic rings. The van der Waals surface area contributed by atoms with Crippen molar-refractivity contribution >= 4 is 5.69 Å². The summed E-state index contributed by atoms with van der Waals surface area (Å²) in [5.74, 6) is 0. The molecule has 0 bridgehead atoms. The molecule has 0 amide bonds. The van der Waals surface area contributed by atoms with Crippen LogP contribution in [0.3, 0.4) is 0 Å². The van der Waals surface area contributed by atoms with Gasteiger partial charge in [0.15, 0.2) is 0 Å². The number of benzene rings is 1. The zero-order valence-corrected chi connectivity index (χ0v) is 11.4. The number of para-hydroxylation sites is 1. The van der Waals surface area contributed by atoms with Crippen LogP contribution < -0.4 is 4.90 Å². The average Bonchev–Trinajstić information content (AvgIpc) is 2.41. The Hall–Kier alpha value is -1.02. The second-order valence-electron chi connectivity index (χ2n) is 5.26. The second kappa shape index (κ2) is 6.79. The molecule has 0 aliphatic carbocycles. The minimum Gasteiger partial charge on any atom is -0.388 e. The third-order valence-corrected chi connectivity index (χ3v) is 3.84. The van der Waals surface area contributed by atoms with Crippen LogP contribution in [0.4, 0.5) is 5.69 Å². The third kappa shape index (κ3) is 3.26. The maximum Gasteiger partial charge on any atom is 0.0826 e. The molecule has 2 heteroatoms. The van der Waals surface area contributed by atoms with Gasteiger partial charge in [0.25, 0.3) is 0 Å². The molecular weight excluding hydrogens is 222 g/mol. The molecule has 2 nitrogen and oxygen atoms in total. The van der Waals surface area contributed by atoms with Gasteiger partial charge < -0.3 is 10.0 Å². The van der Waals surface area contributed by atoms with Crippen LogP contribution in [0.15, 0.2) is 24.3 Å². The Morgan fingerprint density at radius 2 is 1.94 bits per heavy atom. The van der Waals surface area contributed by atoms with Gasteiger partial charge in [-0.3, -0.25) is 0 Å². The van der Waals surface area contributed by atoms with E-state index in [1.54, 1.807) is 0 Å². The minimum atomic E-state index is -0.266. The molecule has 1 aromatic carbocycles. The summed E-state index contributed by atoms with van der Waals surface area (Å²) in [5.41, 5.74) is 2.35. The van der Waals surface area contributed by atoms with Crippen molar-refractivity contribution in [3.63, 3.8) is 0 Å². The van der Waals surface area contributed by atoms with Gasteiger partial charge in [0.05, 0.1) is 6.10 Å². The number of nitrogens with zero attached hydrogens (tertiary/aromatic N) is 1. The van der Waals surface area contributed by atoms with Gasteiger partial charge in [0, 0.05) is 24.3 Å².